The Bertz CT molecular complexity index is 656. The Labute approximate surface area is 140 Å². The Balaban J connectivity index is 2.12. The van der Waals surface area contributed by atoms with Crippen molar-refractivity contribution in [2.24, 2.45) is 0 Å². The first-order valence-corrected chi connectivity index (χ1v) is 8.13. The highest BCUT2D eigenvalue weighted by molar-refractivity contribution is 5.39. The van der Waals surface area contributed by atoms with E-state index in [1.54, 1.807) is 6.07 Å². The molecule has 2 heteroatoms. The molecule has 0 fully saturated rings. The number of aromatic hydroxyl groups is 1. The molecule has 0 aromatic heterocycles. The first kappa shape index (κ1) is 17.4. The maximum atomic E-state index is 10.0. The van der Waals surface area contributed by atoms with Crippen molar-refractivity contribution in [2.75, 3.05) is 0 Å². The summed E-state index contributed by atoms with van der Waals surface area (Å²) >= 11 is 0. The third-order valence-electron chi connectivity index (χ3n) is 4.06. The van der Waals surface area contributed by atoms with Gasteiger partial charge in [-0.1, -0.05) is 59.7 Å². The molecule has 0 radical (unpaired) electrons. The van der Waals surface area contributed by atoms with Gasteiger partial charge in [0.05, 0.1) is 0 Å². The third kappa shape index (κ3) is 4.51. The summed E-state index contributed by atoms with van der Waals surface area (Å²) in [7, 11) is 0. The maximum absolute atomic E-state index is 10.0. The quantitative estimate of drug-likeness (QED) is 0.803. The van der Waals surface area contributed by atoms with Crippen LogP contribution in [0.4, 0.5) is 0 Å². The van der Waals surface area contributed by atoms with Crippen molar-refractivity contribution in [3.8, 4) is 11.5 Å². The minimum Gasteiger partial charge on any atom is -0.508 e. The fraction of sp³-hybridized carbons (Fsp3) is 0.429. The van der Waals surface area contributed by atoms with Crippen LogP contribution in [0.25, 0.3) is 0 Å². The zero-order valence-electron chi connectivity index (χ0n) is 15.1. The molecule has 2 aromatic rings. The zero-order valence-corrected chi connectivity index (χ0v) is 15.1. The molecule has 0 amide bonds. The van der Waals surface area contributed by atoms with Crippen molar-refractivity contribution >= 4 is 0 Å². The van der Waals surface area contributed by atoms with Gasteiger partial charge in [-0.2, -0.15) is 0 Å². The van der Waals surface area contributed by atoms with Crippen LogP contribution in [0.2, 0.25) is 0 Å². The minimum absolute atomic E-state index is 0.0524. The summed E-state index contributed by atoms with van der Waals surface area (Å²) in [6, 6.07) is 13.9. The van der Waals surface area contributed by atoms with Crippen LogP contribution in [0.5, 0.6) is 11.5 Å². The Morgan fingerprint density at radius 2 is 1.30 bits per heavy atom. The molecule has 2 rings (SSSR count). The lowest BCUT2D eigenvalue weighted by molar-refractivity contribution is 0.298. The number of phenolic OH excluding ortho intramolecular Hbond substituents is 1. The standard InChI is InChI=1S/C21H28O2/c1-20(2,3)16-7-10-18(11-8-16)23-14-15-13-17(21(4,5)6)9-12-19(15)22/h7-13,22H,14H2,1-6H3. The predicted molar refractivity (Wildman–Crippen MR) is 96.3 cm³/mol. The van der Waals surface area contributed by atoms with E-state index in [9.17, 15) is 5.11 Å². The highest BCUT2D eigenvalue weighted by Crippen LogP contribution is 2.29. The Morgan fingerprint density at radius 3 is 1.83 bits per heavy atom. The molecule has 1 N–H and O–H groups in total. The summed E-state index contributed by atoms with van der Waals surface area (Å²) < 4.78 is 5.85. The summed E-state index contributed by atoms with van der Waals surface area (Å²) in [6.07, 6.45) is 0. The summed E-state index contributed by atoms with van der Waals surface area (Å²) in [4.78, 5) is 0. The predicted octanol–water partition coefficient (Wildman–Crippen LogP) is 5.57. The van der Waals surface area contributed by atoms with E-state index in [4.69, 9.17) is 4.74 Å². The summed E-state index contributed by atoms with van der Waals surface area (Å²) in [5.74, 6) is 1.10. The average molecular weight is 312 g/mol. The molecule has 0 bridgehead atoms. The maximum Gasteiger partial charge on any atom is 0.122 e. The van der Waals surface area contributed by atoms with Gasteiger partial charge in [-0.25, -0.2) is 0 Å². The number of phenols is 1. The van der Waals surface area contributed by atoms with Crippen LogP contribution in [0.15, 0.2) is 42.5 Å². The second-order valence-corrected chi connectivity index (χ2v) is 8.16. The normalized spacial score (nSPS) is 12.3. The largest absolute Gasteiger partial charge is 0.508 e. The molecule has 0 heterocycles. The molecule has 0 aliphatic rings. The van der Waals surface area contributed by atoms with E-state index in [-0.39, 0.29) is 16.6 Å². The lowest BCUT2D eigenvalue weighted by Gasteiger charge is -2.21. The monoisotopic (exact) mass is 312 g/mol. The highest BCUT2D eigenvalue weighted by atomic mass is 16.5. The van der Waals surface area contributed by atoms with Crippen molar-refractivity contribution in [1.82, 2.24) is 0 Å². The van der Waals surface area contributed by atoms with Crippen molar-refractivity contribution in [2.45, 2.75) is 59.0 Å². The van der Waals surface area contributed by atoms with E-state index in [1.807, 2.05) is 24.3 Å². The van der Waals surface area contributed by atoms with Gasteiger partial charge in [0.25, 0.3) is 0 Å². The molecule has 0 atom stereocenters. The molecule has 0 spiro atoms. The van der Waals surface area contributed by atoms with E-state index in [1.165, 1.54) is 11.1 Å². The van der Waals surface area contributed by atoms with E-state index < -0.39 is 0 Å². The fourth-order valence-corrected chi connectivity index (χ4v) is 2.38. The van der Waals surface area contributed by atoms with Crippen LogP contribution in [0.3, 0.4) is 0 Å². The molecule has 23 heavy (non-hydrogen) atoms. The van der Waals surface area contributed by atoms with E-state index in [2.05, 4.69) is 53.7 Å². The molecule has 2 aromatic carbocycles. The molecule has 124 valence electrons. The fourth-order valence-electron chi connectivity index (χ4n) is 2.38. The van der Waals surface area contributed by atoms with Gasteiger partial charge in [-0.3, -0.25) is 0 Å². The third-order valence-corrected chi connectivity index (χ3v) is 4.06. The lowest BCUT2D eigenvalue weighted by atomic mass is 9.86. The second-order valence-electron chi connectivity index (χ2n) is 8.16. The highest BCUT2D eigenvalue weighted by Gasteiger charge is 2.16. The Kier molecular flexibility index (Phi) is 4.74. The summed E-state index contributed by atoms with van der Waals surface area (Å²) in [5.41, 5.74) is 3.48. The van der Waals surface area contributed by atoms with Crippen LogP contribution in [0, 0.1) is 0 Å². The van der Waals surface area contributed by atoms with Gasteiger partial charge in [-0.05, 0) is 46.2 Å². The second kappa shape index (κ2) is 6.27. The van der Waals surface area contributed by atoms with Gasteiger partial charge in [0.1, 0.15) is 18.1 Å². The minimum atomic E-state index is 0.0524. The smallest absolute Gasteiger partial charge is 0.122 e. The van der Waals surface area contributed by atoms with Crippen molar-refractivity contribution < 1.29 is 9.84 Å². The molecule has 0 unspecified atom stereocenters. The first-order chi connectivity index (χ1) is 10.6. The van der Waals surface area contributed by atoms with Gasteiger partial charge in [-0.15, -0.1) is 0 Å². The molecular weight excluding hydrogens is 284 g/mol. The van der Waals surface area contributed by atoms with Crippen LogP contribution in [0.1, 0.15) is 58.2 Å². The average Bonchev–Trinajstić information content (AvgIpc) is 2.44. The molecule has 0 saturated carbocycles. The molecule has 0 aliphatic heterocycles. The van der Waals surface area contributed by atoms with Crippen LogP contribution < -0.4 is 4.74 Å². The molecule has 2 nitrogen and oxygen atoms in total. The molecule has 0 aliphatic carbocycles. The van der Waals surface area contributed by atoms with Crippen LogP contribution in [-0.4, -0.2) is 5.11 Å². The van der Waals surface area contributed by atoms with Gasteiger partial charge >= 0.3 is 0 Å². The Morgan fingerprint density at radius 1 is 0.783 bits per heavy atom. The first-order valence-electron chi connectivity index (χ1n) is 8.13. The lowest BCUT2D eigenvalue weighted by Crippen LogP contribution is -2.12. The van der Waals surface area contributed by atoms with Gasteiger partial charge in [0.2, 0.25) is 0 Å². The zero-order chi connectivity index (χ0) is 17.3. The molecule has 0 saturated heterocycles. The number of hydrogen-bond acceptors (Lipinski definition) is 2. The Hall–Kier alpha value is -1.96. The number of rotatable bonds is 3. The van der Waals surface area contributed by atoms with E-state index >= 15 is 0 Å². The van der Waals surface area contributed by atoms with Gasteiger partial charge in [0, 0.05) is 5.56 Å². The number of benzene rings is 2. The summed E-state index contributed by atoms with van der Waals surface area (Å²) in [6.45, 7) is 13.4. The SMILES string of the molecule is CC(C)(C)c1ccc(OCc2cc(C(C)(C)C)ccc2O)cc1. The summed E-state index contributed by atoms with van der Waals surface area (Å²) in [5, 5.41) is 10.0. The van der Waals surface area contributed by atoms with Crippen LogP contribution in [-0.2, 0) is 17.4 Å². The topological polar surface area (TPSA) is 29.5 Å². The van der Waals surface area contributed by atoms with Gasteiger partial charge in [0.15, 0.2) is 0 Å². The van der Waals surface area contributed by atoms with Crippen molar-refractivity contribution in [3.05, 3.63) is 59.2 Å². The van der Waals surface area contributed by atoms with Crippen LogP contribution >= 0.6 is 0 Å². The molecular formula is C21H28O2. The number of ether oxygens (including phenoxy) is 1. The number of hydrogen-bond donors (Lipinski definition) is 1. The van der Waals surface area contributed by atoms with Gasteiger partial charge < -0.3 is 9.84 Å². The van der Waals surface area contributed by atoms with E-state index in [0.29, 0.717) is 6.61 Å². The van der Waals surface area contributed by atoms with Crippen molar-refractivity contribution in [3.63, 3.8) is 0 Å². The van der Waals surface area contributed by atoms with E-state index in [0.717, 1.165) is 11.3 Å². The van der Waals surface area contributed by atoms with Crippen molar-refractivity contribution in [1.29, 1.82) is 0 Å².